The number of nitrogens with zero attached hydrogens (tertiary/aromatic N) is 4. The van der Waals surface area contributed by atoms with E-state index in [1.54, 1.807) is 7.05 Å². The molecule has 1 heterocycles. The Hall–Kier alpha value is -1.92. The molecule has 2 saturated carbocycles. The number of aromatic nitrogens is 2. The molecule has 0 atom stereocenters. The second kappa shape index (κ2) is 4.64. The van der Waals surface area contributed by atoms with E-state index in [2.05, 4.69) is 20.2 Å². The second-order valence-electron chi connectivity index (χ2n) is 5.23. The van der Waals surface area contributed by atoms with Gasteiger partial charge in [0.15, 0.2) is 0 Å². The predicted octanol–water partition coefficient (Wildman–Crippen LogP) is 1.81. The zero-order valence-electron chi connectivity index (χ0n) is 10.9. The molecule has 0 aliphatic heterocycles. The number of hydrogen-bond donors (Lipinski definition) is 1. The molecule has 7 nitrogen and oxygen atoms in total. The molecule has 19 heavy (non-hydrogen) atoms. The van der Waals surface area contributed by atoms with Crippen LogP contribution in [0.1, 0.15) is 25.7 Å². The zero-order chi connectivity index (χ0) is 13.4. The van der Waals surface area contributed by atoms with E-state index in [0.29, 0.717) is 17.8 Å². The number of hydrogen-bond acceptors (Lipinski definition) is 6. The maximum atomic E-state index is 11.3. The van der Waals surface area contributed by atoms with Gasteiger partial charge in [0.2, 0.25) is 11.6 Å². The molecule has 1 aromatic heterocycles. The third kappa shape index (κ3) is 2.45. The van der Waals surface area contributed by atoms with Gasteiger partial charge < -0.3 is 10.2 Å². The Kier molecular flexibility index (Phi) is 2.96. The number of nitrogens with one attached hydrogen (secondary N) is 1. The largest absolute Gasteiger partial charge is 0.367 e. The average molecular weight is 263 g/mol. The maximum Gasteiger partial charge on any atom is 0.353 e. The van der Waals surface area contributed by atoms with Crippen LogP contribution < -0.4 is 10.2 Å². The molecule has 1 aromatic rings. The van der Waals surface area contributed by atoms with Crippen LogP contribution >= 0.6 is 0 Å². The lowest BCUT2D eigenvalue weighted by atomic mass is 10.3. The van der Waals surface area contributed by atoms with Crippen molar-refractivity contribution < 1.29 is 4.92 Å². The van der Waals surface area contributed by atoms with Crippen molar-refractivity contribution in [3.05, 3.63) is 16.4 Å². The van der Waals surface area contributed by atoms with Crippen LogP contribution in [0, 0.1) is 16.0 Å². The first-order chi connectivity index (χ1) is 9.20. The zero-order valence-corrected chi connectivity index (χ0v) is 10.9. The van der Waals surface area contributed by atoms with Gasteiger partial charge in [-0.3, -0.25) is 10.1 Å². The van der Waals surface area contributed by atoms with Gasteiger partial charge in [-0.05, 0) is 31.6 Å². The lowest BCUT2D eigenvalue weighted by Gasteiger charge is -2.23. The summed E-state index contributed by atoms with van der Waals surface area (Å²) in [6, 6.07) is 0.416. The van der Waals surface area contributed by atoms with Crippen LogP contribution in [0.5, 0.6) is 0 Å². The van der Waals surface area contributed by atoms with Crippen molar-refractivity contribution in [2.75, 3.05) is 23.8 Å². The number of rotatable bonds is 6. The first-order valence-electron chi connectivity index (χ1n) is 6.64. The van der Waals surface area contributed by atoms with Crippen LogP contribution in [-0.4, -0.2) is 34.5 Å². The topological polar surface area (TPSA) is 84.2 Å². The average Bonchev–Trinajstić information content (AvgIpc) is 3.27. The summed E-state index contributed by atoms with van der Waals surface area (Å²) in [6.07, 6.45) is 6.05. The van der Waals surface area contributed by atoms with Crippen molar-refractivity contribution in [3.63, 3.8) is 0 Å². The first kappa shape index (κ1) is 12.1. The summed E-state index contributed by atoms with van der Waals surface area (Å²) in [5, 5.41) is 14.1. The molecule has 0 saturated heterocycles. The molecule has 102 valence electrons. The Balaban J connectivity index is 1.98. The fraction of sp³-hybridized carbons (Fsp3) is 0.667. The van der Waals surface area contributed by atoms with Crippen molar-refractivity contribution in [1.29, 1.82) is 0 Å². The highest BCUT2D eigenvalue weighted by molar-refractivity contribution is 5.70. The van der Waals surface area contributed by atoms with Gasteiger partial charge in [-0.15, -0.1) is 0 Å². The molecule has 7 heteroatoms. The van der Waals surface area contributed by atoms with Gasteiger partial charge in [0.25, 0.3) is 0 Å². The highest BCUT2D eigenvalue weighted by Crippen LogP contribution is 2.41. The maximum absolute atomic E-state index is 11.3. The Bertz CT molecular complexity index is 499. The monoisotopic (exact) mass is 263 g/mol. The van der Waals surface area contributed by atoms with Crippen molar-refractivity contribution in [2.45, 2.75) is 31.7 Å². The van der Waals surface area contributed by atoms with E-state index in [4.69, 9.17) is 0 Å². The summed E-state index contributed by atoms with van der Waals surface area (Å²) in [4.78, 5) is 21.2. The van der Waals surface area contributed by atoms with Gasteiger partial charge in [0.05, 0.1) is 4.92 Å². The molecule has 0 unspecified atom stereocenters. The summed E-state index contributed by atoms with van der Waals surface area (Å²) < 4.78 is 0. The lowest BCUT2D eigenvalue weighted by molar-refractivity contribution is -0.383. The molecule has 0 radical (unpaired) electrons. The molecule has 0 aromatic carbocycles. The standard InChI is InChI=1S/C12H17N5O2/c1-13-11-10(17(18)19)12(15-7-14-11)16(9-4-5-9)6-8-2-3-8/h7-9H,2-6H2,1H3,(H,13,14,15). The van der Waals surface area contributed by atoms with Crippen molar-refractivity contribution in [2.24, 2.45) is 5.92 Å². The predicted molar refractivity (Wildman–Crippen MR) is 71.3 cm³/mol. The molecule has 0 spiro atoms. The molecular formula is C12H17N5O2. The summed E-state index contributed by atoms with van der Waals surface area (Å²) in [7, 11) is 1.64. The molecule has 1 N–H and O–H groups in total. The number of anilines is 2. The van der Waals surface area contributed by atoms with Crippen LogP contribution in [0.25, 0.3) is 0 Å². The first-order valence-corrected chi connectivity index (χ1v) is 6.64. The fourth-order valence-corrected chi connectivity index (χ4v) is 2.30. The normalized spacial score (nSPS) is 18.2. The Labute approximate surface area is 111 Å². The summed E-state index contributed by atoms with van der Waals surface area (Å²) >= 11 is 0. The van der Waals surface area contributed by atoms with E-state index in [1.807, 2.05) is 0 Å². The quantitative estimate of drug-likeness (QED) is 0.622. The van der Waals surface area contributed by atoms with Crippen LogP contribution in [0.4, 0.5) is 17.3 Å². The molecule has 0 amide bonds. The van der Waals surface area contributed by atoms with Crippen LogP contribution in [0.3, 0.4) is 0 Å². The van der Waals surface area contributed by atoms with Crippen molar-refractivity contribution in [3.8, 4) is 0 Å². The number of nitro groups is 1. The minimum Gasteiger partial charge on any atom is -0.367 e. The minimum atomic E-state index is -0.385. The highest BCUT2D eigenvalue weighted by Gasteiger charge is 2.38. The highest BCUT2D eigenvalue weighted by atomic mass is 16.6. The van der Waals surface area contributed by atoms with Crippen LogP contribution in [-0.2, 0) is 0 Å². The third-order valence-corrected chi connectivity index (χ3v) is 3.63. The summed E-state index contributed by atoms with van der Waals surface area (Å²) in [5.74, 6) is 1.43. The van der Waals surface area contributed by atoms with E-state index < -0.39 is 0 Å². The third-order valence-electron chi connectivity index (χ3n) is 3.63. The van der Waals surface area contributed by atoms with Gasteiger partial charge in [-0.1, -0.05) is 0 Å². The van der Waals surface area contributed by atoms with E-state index >= 15 is 0 Å². The van der Waals surface area contributed by atoms with E-state index in [1.165, 1.54) is 19.2 Å². The van der Waals surface area contributed by atoms with Gasteiger partial charge in [-0.25, -0.2) is 9.97 Å². The van der Waals surface area contributed by atoms with Crippen LogP contribution in [0.2, 0.25) is 0 Å². The van der Waals surface area contributed by atoms with E-state index in [0.717, 1.165) is 19.4 Å². The Morgan fingerprint density at radius 3 is 2.68 bits per heavy atom. The summed E-state index contributed by atoms with van der Waals surface area (Å²) in [6.45, 7) is 0.881. The van der Waals surface area contributed by atoms with Gasteiger partial charge >= 0.3 is 5.69 Å². The van der Waals surface area contributed by atoms with Crippen molar-refractivity contribution in [1.82, 2.24) is 9.97 Å². The Morgan fingerprint density at radius 2 is 2.16 bits per heavy atom. The van der Waals surface area contributed by atoms with Crippen molar-refractivity contribution >= 4 is 17.3 Å². The molecule has 0 bridgehead atoms. The van der Waals surface area contributed by atoms with Gasteiger partial charge in [0, 0.05) is 19.6 Å². The molecule has 2 aliphatic carbocycles. The lowest BCUT2D eigenvalue weighted by Crippen LogP contribution is -2.30. The fourth-order valence-electron chi connectivity index (χ4n) is 2.30. The molecule has 3 rings (SSSR count). The minimum absolute atomic E-state index is 0.00227. The van der Waals surface area contributed by atoms with Crippen LogP contribution in [0.15, 0.2) is 6.33 Å². The van der Waals surface area contributed by atoms with E-state index in [-0.39, 0.29) is 16.4 Å². The summed E-state index contributed by atoms with van der Waals surface area (Å²) in [5.41, 5.74) is -0.00227. The van der Waals surface area contributed by atoms with Gasteiger partial charge in [-0.2, -0.15) is 0 Å². The molecular weight excluding hydrogens is 246 g/mol. The van der Waals surface area contributed by atoms with E-state index in [9.17, 15) is 10.1 Å². The second-order valence-corrected chi connectivity index (χ2v) is 5.23. The SMILES string of the molecule is CNc1ncnc(N(CC2CC2)C2CC2)c1[N+](=O)[O-]. The Morgan fingerprint density at radius 1 is 1.42 bits per heavy atom. The molecule has 2 aliphatic rings. The molecule has 2 fully saturated rings. The smallest absolute Gasteiger partial charge is 0.353 e. The van der Waals surface area contributed by atoms with Gasteiger partial charge in [0.1, 0.15) is 6.33 Å².